The van der Waals surface area contributed by atoms with Gasteiger partial charge in [-0.05, 0) is 37.1 Å². The molecule has 0 aliphatic heterocycles. The minimum Gasteiger partial charge on any atom is -0.369 e. The summed E-state index contributed by atoms with van der Waals surface area (Å²) < 4.78 is 26.4. The maximum absolute atomic E-state index is 12.7. The van der Waals surface area contributed by atoms with Gasteiger partial charge in [0.2, 0.25) is 21.9 Å². The van der Waals surface area contributed by atoms with Crippen LogP contribution in [0.3, 0.4) is 0 Å². The molecule has 8 heteroatoms. The number of nitrogens with two attached hydrogens (primary N) is 2. The van der Waals surface area contributed by atoms with Crippen molar-refractivity contribution in [2.24, 2.45) is 5.73 Å². The van der Waals surface area contributed by atoms with Crippen molar-refractivity contribution in [1.29, 1.82) is 0 Å². The summed E-state index contributed by atoms with van der Waals surface area (Å²) in [6.45, 7) is 3.14. The van der Waals surface area contributed by atoms with Crippen LogP contribution in [0.1, 0.15) is 30.9 Å². The van der Waals surface area contributed by atoms with E-state index in [9.17, 15) is 13.2 Å². The van der Waals surface area contributed by atoms with Crippen LogP contribution in [0.5, 0.6) is 0 Å². The molecule has 7 nitrogen and oxygen atoms in total. The van der Waals surface area contributed by atoms with E-state index in [0.717, 1.165) is 9.54 Å². The van der Waals surface area contributed by atoms with Gasteiger partial charge in [0.05, 0.1) is 22.2 Å². The fourth-order valence-corrected chi connectivity index (χ4v) is 4.06. The van der Waals surface area contributed by atoms with E-state index < -0.39 is 27.1 Å². The van der Waals surface area contributed by atoms with E-state index >= 15 is 0 Å². The first-order chi connectivity index (χ1) is 12.2. The van der Waals surface area contributed by atoms with Crippen molar-refractivity contribution in [2.45, 2.75) is 25.0 Å². The van der Waals surface area contributed by atoms with Gasteiger partial charge in [-0.15, -0.1) is 0 Å². The molecule has 0 fully saturated rings. The number of imidazole rings is 1. The van der Waals surface area contributed by atoms with Crippen molar-refractivity contribution in [3.05, 3.63) is 59.7 Å². The molecular formula is C18H20N4O3S. The molecular weight excluding hydrogens is 352 g/mol. The van der Waals surface area contributed by atoms with E-state index in [1.165, 1.54) is 0 Å². The highest BCUT2D eigenvalue weighted by atomic mass is 32.2. The molecule has 0 bridgehead atoms. The van der Waals surface area contributed by atoms with Gasteiger partial charge in [0, 0.05) is 0 Å². The number of hydrogen-bond donors (Lipinski definition) is 2. The smallest absolute Gasteiger partial charge is 0.244 e. The van der Waals surface area contributed by atoms with Crippen molar-refractivity contribution >= 4 is 32.9 Å². The molecule has 1 atom stereocenters. The topological polar surface area (TPSA) is 121 Å². The number of carbonyl (C=O) groups is 1. The molecule has 0 aliphatic carbocycles. The van der Waals surface area contributed by atoms with E-state index in [0.29, 0.717) is 16.6 Å². The van der Waals surface area contributed by atoms with Crippen molar-refractivity contribution in [3.8, 4) is 0 Å². The lowest BCUT2D eigenvalue weighted by molar-refractivity contribution is -0.118. The van der Waals surface area contributed by atoms with Crippen LogP contribution in [0.4, 0.5) is 5.95 Å². The Morgan fingerprint density at radius 2 is 1.73 bits per heavy atom. The molecule has 2 aromatic carbocycles. The molecule has 136 valence electrons. The average molecular weight is 372 g/mol. The maximum Gasteiger partial charge on any atom is 0.244 e. The number of amides is 1. The van der Waals surface area contributed by atoms with Gasteiger partial charge in [-0.2, -0.15) is 0 Å². The van der Waals surface area contributed by atoms with Crippen LogP contribution in [0, 0.1) is 0 Å². The van der Waals surface area contributed by atoms with Gasteiger partial charge in [-0.25, -0.2) is 17.4 Å². The molecule has 1 aromatic heterocycles. The highest BCUT2D eigenvalue weighted by Gasteiger charge is 2.26. The Labute approximate surface area is 151 Å². The summed E-state index contributed by atoms with van der Waals surface area (Å²) >= 11 is 0. The van der Waals surface area contributed by atoms with Gasteiger partial charge < -0.3 is 11.5 Å². The SMILES string of the molecule is CC(C)S(=O)(=O)n1c(N)nc2ccc(C(C(N)=O)c3ccccc3)cc21. The molecule has 3 rings (SSSR count). The first-order valence-electron chi connectivity index (χ1n) is 8.10. The monoisotopic (exact) mass is 372 g/mol. The van der Waals surface area contributed by atoms with Crippen LogP contribution < -0.4 is 11.5 Å². The van der Waals surface area contributed by atoms with Crippen molar-refractivity contribution in [3.63, 3.8) is 0 Å². The lowest BCUT2D eigenvalue weighted by atomic mass is 9.90. The number of nitrogens with zero attached hydrogens (tertiary/aromatic N) is 2. The number of anilines is 1. The first kappa shape index (κ1) is 17.9. The summed E-state index contributed by atoms with van der Waals surface area (Å²) in [5, 5.41) is -0.674. The summed E-state index contributed by atoms with van der Waals surface area (Å²) in [5.41, 5.74) is 13.5. The number of fused-ring (bicyclic) bond motifs is 1. The average Bonchev–Trinajstić information content (AvgIpc) is 2.91. The fraction of sp³-hybridized carbons (Fsp3) is 0.222. The summed E-state index contributed by atoms with van der Waals surface area (Å²) in [5.74, 6) is -1.34. The third-order valence-electron chi connectivity index (χ3n) is 4.26. The van der Waals surface area contributed by atoms with Crippen LogP contribution in [0.25, 0.3) is 11.0 Å². The number of nitrogen functional groups attached to an aromatic ring is 1. The Bertz CT molecular complexity index is 1070. The van der Waals surface area contributed by atoms with Crippen LogP contribution in [-0.4, -0.2) is 28.5 Å². The number of primary amides is 1. The number of carbonyl (C=O) groups excluding carboxylic acids is 1. The first-order valence-corrected chi connectivity index (χ1v) is 9.60. The molecule has 1 unspecified atom stereocenters. The molecule has 0 radical (unpaired) electrons. The molecule has 1 amide bonds. The molecule has 1 heterocycles. The zero-order valence-electron chi connectivity index (χ0n) is 14.5. The quantitative estimate of drug-likeness (QED) is 0.707. The Balaban J connectivity index is 2.25. The number of hydrogen-bond acceptors (Lipinski definition) is 5. The van der Waals surface area contributed by atoms with E-state index in [1.807, 2.05) is 18.2 Å². The minimum absolute atomic E-state index is 0.110. The summed E-state index contributed by atoms with van der Waals surface area (Å²) in [6.07, 6.45) is 0. The second-order valence-corrected chi connectivity index (χ2v) is 8.66. The third kappa shape index (κ3) is 2.92. The second kappa shape index (κ2) is 6.45. The molecule has 0 saturated carbocycles. The van der Waals surface area contributed by atoms with Gasteiger partial charge in [0.25, 0.3) is 0 Å². The van der Waals surface area contributed by atoms with Gasteiger partial charge >= 0.3 is 0 Å². The normalized spacial score (nSPS) is 13.2. The highest BCUT2D eigenvalue weighted by molar-refractivity contribution is 7.90. The molecule has 4 N–H and O–H groups in total. The van der Waals surface area contributed by atoms with Gasteiger partial charge in [-0.3, -0.25) is 4.79 Å². The number of rotatable bonds is 5. The van der Waals surface area contributed by atoms with E-state index in [4.69, 9.17) is 11.5 Å². The maximum atomic E-state index is 12.7. The number of benzene rings is 2. The Morgan fingerprint density at radius 3 is 2.31 bits per heavy atom. The fourth-order valence-electron chi connectivity index (χ4n) is 2.91. The van der Waals surface area contributed by atoms with Crippen LogP contribution in [0.2, 0.25) is 0 Å². The molecule has 0 spiro atoms. The Kier molecular flexibility index (Phi) is 4.45. The highest BCUT2D eigenvalue weighted by Crippen LogP contribution is 2.29. The summed E-state index contributed by atoms with van der Waals surface area (Å²) in [6, 6.07) is 14.0. The molecule has 0 aliphatic rings. The Hall–Kier alpha value is -2.87. The van der Waals surface area contributed by atoms with Crippen LogP contribution in [-0.2, 0) is 14.8 Å². The van der Waals surface area contributed by atoms with Gasteiger partial charge in [-0.1, -0.05) is 36.4 Å². The van der Waals surface area contributed by atoms with Gasteiger partial charge in [0.1, 0.15) is 0 Å². The van der Waals surface area contributed by atoms with Crippen molar-refractivity contribution < 1.29 is 13.2 Å². The summed E-state index contributed by atoms with van der Waals surface area (Å²) in [4.78, 5) is 16.2. The molecule has 0 saturated heterocycles. The predicted octanol–water partition coefficient (Wildman–Crippen LogP) is 1.82. The Morgan fingerprint density at radius 1 is 1.08 bits per heavy atom. The summed E-state index contributed by atoms with van der Waals surface area (Å²) in [7, 11) is -3.71. The van der Waals surface area contributed by atoms with E-state index in [1.54, 1.807) is 44.2 Å². The lowest BCUT2D eigenvalue weighted by Crippen LogP contribution is -2.24. The zero-order valence-corrected chi connectivity index (χ0v) is 15.3. The largest absolute Gasteiger partial charge is 0.369 e. The molecule has 3 aromatic rings. The molecule has 26 heavy (non-hydrogen) atoms. The predicted molar refractivity (Wildman–Crippen MR) is 101 cm³/mol. The van der Waals surface area contributed by atoms with E-state index in [-0.39, 0.29) is 5.95 Å². The van der Waals surface area contributed by atoms with Crippen LogP contribution in [0.15, 0.2) is 48.5 Å². The standard InChI is InChI=1S/C18H20N4O3S/c1-11(2)26(24,25)22-15-10-13(8-9-14(15)21-18(22)20)16(17(19)23)12-6-4-3-5-7-12/h3-11,16H,1-2H3,(H2,19,23)(H2,20,21). The van der Waals surface area contributed by atoms with Crippen molar-refractivity contribution in [1.82, 2.24) is 8.96 Å². The van der Waals surface area contributed by atoms with E-state index in [2.05, 4.69) is 4.98 Å². The number of aromatic nitrogens is 2. The van der Waals surface area contributed by atoms with Crippen molar-refractivity contribution in [2.75, 3.05) is 5.73 Å². The van der Waals surface area contributed by atoms with Gasteiger partial charge in [0.15, 0.2) is 0 Å². The zero-order chi connectivity index (χ0) is 19.1. The second-order valence-electron chi connectivity index (χ2n) is 6.32. The third-order valence-corrected chi connectivity index (χ3v) is 6.35. The minimum atomic E-state index is -3.71. The van der Waals surface area contributed by atoms with Crippen LogP contribution >= 0.6 is 0 Å². The lowest BCUT2D eigenvalue weighted by Gasteiger charge is -2.15.